The zero-order valence-corrected chi connectivity index (χ0v) is 12.5. The van der Waals surface area contributed by atoms with Gasteiger partial charge < -0.3 is 5.32 Å². The lowest BCUT2D eigenvalue weighted by atomic mass is 10.2. The first-order chi connectivity index (χ1) is 9.74. The van der Waals surface area contributed by atoms with Crippen molar-refractivity contribution in [2.75, 3.05) is 5.32 Å². The van der Waals surface area contributed by atoms with Crippen molar-refractivity contribution in [2.45, 2.75) is 45.2 Å². The largest absolute Gasteiger partial charge is 0.378 e. The van der Waals surface area contributed by atoms with Crippen LogP contribution in [0, 0.1) is 6.92 Å². The van der Waals surface area contributed by atoms with Crippen molar-refractivity contribution in [1.29, 1.82) is 0 Å². The molecule has 1 aliphatic rings. The lowest BCUT2D eigenvalue weighted by Gasteiger charge is -2.11. The molecule has 106 valence electrons. The highest BCUT2D eigenvalue weighted by Gasteiger charge is 2.17. The number of aromatic nitrogens is 2. The Balaban J connectivity index is 1.66. The lowest BCUT2D eigenvalue weighted by Crippen LogP contribution is -2.07. The molecule has 20 heavy (non-hydrogen) atoms. The minimum atomic E-state index is 0.603. The van der Waals surface area contributed by atoms with Crippen LogP contribution in [0.1, 0.15) is 43.0 Å². The highest BCUT2D eigenvalue weighted by Crippen LogP contribution is 2.29. The fourth-order valence-electron chi connectivity index (χ4n) is 2.88. The van der Waals surface area contributed by atoms with E-state index in [0.717, 1.165) is 22.0 Å². The van der Waals surface area contributed by atoms with E-state index in [1.54, 1.807) is 0 Å². The number of rotatable bonds is 4. The van der Waals surface area contributed by atoms with E-state index in [-0.39, 0.29) is 0 Å². The summed E-state index contributed by atoms with van der Waals surface area (Å²) in [6, 6.07) is 8.64. The van der Waals surface area contributed by atoms with Gasteiger partial charge in [-0.3, -0.25) is 4.68 Å². The maximum atomic E-state index is 6.22. The van der Waals surface area contributed by atoms with Crippen LogP contribution >= 0.6 is 11.6 Å². The molecule has 2 aromatic rings. The molecule has 0 amide bonds. The molecule has 0 aliphatic heterocycles. The van der Waals surface area contributed by atoms with Crippen molar-refractivity contribution >= 4 is 17.3 Å². The summed E-state index contributed by atoms with van der Waals surface area (Å²) in [4.78, 5) is 0. The van der Waals surface area contributed by atoms with Gasteiger partial charge in [-0.15, -0.1) is 0 Å². The van der Waals surface area contributed by atoms with Crippen molar-refractivity contribution in [3.8, 4) is 0 Å². The highest BCUT2D eigenvalue weighted by molar-refractivity contribution is 6.33. The first kappa shape index (κ1) is 13.5. The van der Waals surface area contributed by atoms with Gasteiger partial charge >= 0.3 is 0 Å². The Morgan fingerprint density at radius 3 is 2.85 bits per heavy atom. The molecular formula is C16H20ClN3. The molecule has 3 rings (SSSR count). The Morgan fingerprint density at radius 2 is 2.10 bits per heavy atom. The average molecular weight is 290 g/mol. The minimum absolute atomic E-state index is 0.603. The number of nitrogens with zero attached hydrogens (tertiary/aromatic N) is 2. The molecule has 0 bridgehead atoms. The first-order valence-electron chi connectivity index (χ1n) is 7.27. The standard InChI is InChI=1S/C16H20ClN3/c1-12-5-4-8-15(17)16(12)18-11-13-9-10-20(19-13)14-6-2-3-7-14/h4-5,8-10,14,18H,2-3,6-7,11H2,1H3. The molecule has 0 spiro atoms. The van der Waals surface area contributed by atoms with Gasteiger partial charge in [-0.1, -0.05) is 36.6 Å². The SMILES string of the molecule is Cc1cccc(Cl)c1NCc1ccn(C2CCCC2)n1. The number of para-hydroxylation sites is 1. The second-order valence-electron chi connectivity index (χ2n) is 5.51. The Bertz CT molecular complexity index is 565. The lowest BCUT2D eigenvalue weighted by molar-refractivity contribution is 0.463. The summed E-state index contributed by atoms with van der Waals surface area (Å²) < 4.78 is 2.13. The summed E-state index contributed by atoms with van der Waals surface area (Å²) >= 11 is 6.22. The smallest absolute Gasteiger partial charge is 0.0815 e. The molecular weight excluding hydrogens is 270 g/mol. The topological polar surface area (TPSA) is 29.9 Å². The van der Waals surface area contributed by atoms with Crippen LogP contribution in [0.5, 0.6) is 0 Å². The molecule has 3 nitrogen and oxygen atoms in total. The zero-order chi connectivity index (χ0) is 13.9. The van der Waals surface area contributed by atoms with E-state index in [2.05, 4.69) is 40.4 Å². The van der Waals surface area contributed by atoms with Gasteiger partial charge in [0, 0.05) is 6.20 Å². The Labute approximate surface area is 124 Å². The molecule has 1 aromatic carbocycles. The van der Waals surface area contributed by atoms with Crippen molar-refractivity contribution in [1.82, 2.24) is 9.78 Å². The summed E-state index contributed by atoms with van der Waals surface area (Å²) in [6.07, 6.45) is 7.29. The van der Waals surface area contributed by atoms with Gasteiger partial charge in [0.15, 0.2) is 0 Å². The van der Waals surface area contributed by atoms with Gasteiger partial charge in [-0.25, -0.2) is 0 Å². The van der Waals surface area contributed by atoms with E-state index in [1.807, 2.05) is 12.1 Å². The second-order valence-corrected chi connectivity index (χ2v) is 5.92. The zero-order valence-electron chi connectivity index (χ0n) is 11.8. The molecule has 4 heteroatoms. The fraction of sp³-hybridized carbons (Fsp3) is 0.438. The number of halogens is 1. The maximum absolute atomic E-state index is 6.22. The van der Waals surface area contributed by atoms with E-state index in [1.165, 1.54) is 25.7 Å². The molecule has 1 aromatic heterocycles. The van der Waals surface area contributed by atoms with Crippen LogP contribution in [0.2, 0.25) is 5.02 Å². The van der Waals surface area contributed by atoms with E-state index < -0.39 is 0 Å². The van der Waals surface area contributed by atoms with Gasteiger partial charge in [0.2, 0.25) is 0 Å². The van der Waals surface area contributed by atoms with Crippen LogP contribution in [0.25, 0.3) is 0 Å². The predicted molar refractivity (Wildman–Crippen MR) is 83.2 cm³/mol. The number of benzene rings is 1. The van der Waals surface area contributed by atoms with Crippen LogP contribution in [-0.4, -0.2) is 9.78 Å². The normalized spacial score (nSPS) is 15.7. The quantitative estimate of drug-likeness (QED) is 0.893. The molecule has 1 fully saturated rings. The molecule has 0 radical (unpaired) electrons. The van der Waals surface area contributed by atoms with Crippen molar-refractivity contribution in [2.24, 2.45) is 0 Å². The third-order valence-electron chi connectivity index (χ3n) is 4.03. The van der Waals surface area contributed by atoms with Crippen LogP contribution in [-0.2, 0) is 6.54 Å². The van der Waals surface area contributed by atoms with Crippen molar-refractivity contribution in [3.63, 3.8) is 0 Å². The summed E-state index contributed by atoms with van der Waals surface area (Å²) in [6.45, 7) is 2.77. The van der Waals surface area contributed by atoms with Crippen molar-refractivity contribution in [3.05, 3.63) is 46.7 Å². The fourth-order valence-corrected chi connectivity index (χ4v) is 3.17. The monoisotopic (exact) mass is 289 g/mol. The van der Waals surface area contributed by atoms with Gasteiger partial charge in [-0.2, -0.15) is 5.10 Å². The van der Waals surface area contributed by atoms with Crippen molar-refractivity contribution < 1.29 is 0 Å². The molecule has 0 atom stereocenters. The molecule has 1 aliphatic carbocycles. The van der Waals surface area contributed by atoms with E-state index >= 15 is 0 Å². The van der Waals surface area contributed by atoms with E-state index in [9.17, 15) is 0 Å². The third-order valence-corrected chi connectivity index (χ3v) is 4.35. The molecule has 1 N–H and O–H groups in total. The predicted octanol–water partition coefficient (Wildman–Crippen LogP) is 4.57. The summed E-state index contributed by atoms with van der Waals surface area (Å²) in [5, 5.41) is 8.84. The van der Waals surface area contributed by atoms with Gasteiger partial charge in [0.1, 0.15) is 0 Å². The Morgan fingerprint density at radius 1 is 1.30 bits per heavy atom. The number of hydrogen-bond acceptors (Lipinski definition) is 2. The summed E-state index contributed by atoms with van der Waals surface area (Å²) in [5.74, 6) is 0. The van der Waals surface area contributed by atoms with E-state index in [0.29, 0.717) is 12.6 Å². The van der Waals surface area contributed by atoms with Gasteiger partial charge in [0.25, 0.3) is 0 Å². The molecule has 0 saturated heterocycles. The summed E-state index contributed by atoms with van der Waals surface area (Å²) in [5.41, 5.74) is 3.23. The van der Waals surface area contributed by atoms with Crippen LogP contribution in [0.4, 0.5) is 5.69 Å². The van der Waals surface area contributed by atoms with Crippen LogP contribution in [0.3, 0.4) is 0 Å². The number of anilines is 1. The average Bonchev–Trinajstić information content (AvgIpc) is 3.09. The number of nitrogens with one attached hydrogen (secondary N) is 1. The summed E-state index contributed by atoms with van der Waals surface area (Å²) in [7, 11) is 0. The minimum Gasteiger partial charge on any atom is -0.378 e. The molecule has 1 saturated carbocycles. The maximum Gasteiger partial charge on any atom is 0.0815 e. The highest BCUT2D eigenvalue weighted by atomic mass is 35.5. The van der Waals surface area contributed by atoms with Gasteiger partial charge in [-0.05, 0) is 37.5 Å². The number of aryl methyl sites for hydroxylation is 1. The van der Waals surface area contributed by atoms with Crippen LogP contribution in [0.15, 0.2) is 30.5 Å². The van der Waals surface area contributed by atoms with Crippen LogP contribution < -0.4 is 5.32 Å². The second kappa shape index (κ2) is 5.88. The third kappa shape index (κ3) is 2.83. The number of hydrogen-bond donors (Lipinski definition) is 1. The Kier molecular flexibility index (Phi) is 3.97. The molecule has 0 unspecified atom stereocenters. The first-order valence-corrected chi connectivity index (χ1v) is 7.65. The molecule has 1 heterocycles. The van der Waals surface area contributed by atoms with E-state index in [4.69, 9.17) is 11.6 Å². The van der Waals surface area contributed by atoms with Gasteiger partial charge in [0.05, 0.1) is 29.0 Å². The Hall–Kier alpha value is -1.48.